The predicted molar refractivity (Wildman–Crippen MR) is 57.9 cm³/mol. The van der Waals surface area contributed by atoms with Crippen LogP contribution in [0.1, 0.15) is 37.8 Å². The first-order valence-electron chi connectivity index (χ1n) is 5.54. The van der Waals surface area contributed by atoms with Gasteiger partial charge in [-0.15, -0.1) is 0 Å². The van der Waals surface area contributed by atoms with E-state index >= 15 is 0 Å². The summed E-state index contributed by atoms with van der Waals surface area (Å²) in [5.74, 6) is 1.51. The summed E-state index contributed by atoms with van der Waals surface area (Å²) in [5.41, 5.74) is 6.94. The average Bonchev–Trinajstić information content (AvgIpc) is 2.47. The molecule has 0 amide bonds. The molecular formula is C11H19N3. The summed E-state index contributed by atoms with van der Waals surface area (Å²) in [6, 6.07) is 2.01. The molecule has 0 unspecified atom stereocenters. The topological polar surface area (TPSA) is 43.8 Å². The molecule has 0 radical (unpaired) electrons. The SMILES string of the molecule is Cn1nc(N)cc1CC1CCCCC1. The van der Waals surface area contributed by atoms with Crippen LogP contribution < -0.4 is 5.73 Å². The third-order valence-corrected chi connectivity index (χ3v) is 3.22. The Morgan fingerprint density at radius 3 is 2.71 bits per heavy atom. The normalized spacial score (nSPS) is 18.6. The lowest BCUT2D eigenvalue weighted by atomic mass is 9.86. The number of rotatable bonds is 2. The maximum absolute atomic E-state index is 5.65. The minimum Gasteiger partial charge on any atom is -0.382 e. The van der Waals surface area contributed by atoms with Crippen LogP contribution >= 0.6 is 0 Å². The first-order chi connectivity index (χ1) is 6.75. The van der Waals surface area contributed by atoms with Gasteiger partial charge in [0.1, 0.15) is 5.82 Å². The molecule has 1 aromatic heterocycles. The van der Waals surface area contributed by atoms with Gasteiger partial charge >= 0.3 is 0 Å². The second-order valence-corrected chi connectivity index (χ2v) is 4.39. The molecule has 14 heavy (non-hydrogen) atoms. The molecule has 1 fully saturated rings. The van der Waals surface area contributed by atoms with Crippen molar-refractivity contribution in [2.24, 2.45) is 13.0 Å². The van der Waals surface area contributed by atoms with Crippen LogP contribution in [-0.4, -0.2) is 9.78 Å². The number of hydrogen-bond donors (Lipinski definition) is 1. The smallest absolute Gasteiger partial charge is 0.145 e. The van der Waals surface area contributed by atoms with Gasteiger partial charge in [-0.1, -0.05) is 32.1 Å². The van der Waals surface area contributed by atoms with E-state index in [4.69, 9.17) is 5.73 Å². The van der Waals surface area contributed by atoms with Gasteiger partial charge < -0.3 is 5.73 Å². The predicted octanol–water partition coefficient (Wildman–Crippen LogP) is 2.13. The van der Waals surface area contributed by atoms with Crippen LogP contribution in [0.15, 0.2) is 6.07 Å². The van der Waals surface area contributed by atoms with E-state index in [2.05, 4.69) is 5.10 Å². The van der Waals surface area contributed by atoms with Gasteiger partial charge in [-0.05, 0) is 12.3 Å². The van der Waals surface area contributed by atoms with E-state index in [0.29, 0.717) is 5.82 Å². The summed E-state index contributed by atoms with van der Waals surface area (Å²) in [5, 5.41) is 4.17. The standard InChI is InChI=1S/C11H19N3/c1-14-10(8-11(12)13-14)7-9-5-3-2-4-6-9/h8-9H,2-7H2,1H3,(H2,12,13). The van der Waals surface area contributed by atoms with Crippen molar-refractivity contribution in [3.05, 3.63) is 11.8 Å². The molecule has 1 aliphatic rings. The molecule has 3 heteroatoms. The maximum Gasteiger partial charge on any atom is 0.145 e. The Morgan fingerprint density at radius 1 is 1.43 bits per heavy atom. The molecule has 0 bridgehead atoms. The van der Waals surface area contributed by atoms with Crippen LogP contribution in [0, 0.1) is 5.92 Å². The first-order valence-corrected chi connectivity index (χ1v) is 5.54. The van der Waals surface area contributed by atoms with Crippen molar-refractivity contribution in [2.45, 2.75) is 38.5 Å². The molecule has 1 saturated carbocycles. The molecule has 78 valence electrons. The minimum atomic E-state index is 0.651. The highest BCUT2D eigenvalue weighted by atomic mass is 15.3. The van der Waals surface area contributed by atoms with Crippen molar-refractivity contribution in [1.29, 1.82) is 0 Å². The van der Waals surface area contributed by atoms with E-state index in [9.17, 15) is 0 Å². The fourth-order valence-corrected chi connectivity index (χ4v) is 2.41. The zero-order valence-corrected chi connectivity index (χ0v) is 8.87. The van der Waals surface area contributed by atoms with Gasteiger partial charge in [0, 0.05) is 18.8 Å². The van der Waals surface area contributed by atoms with E-state index in [1.165, 1.54) is 37.8 Å². The van der Waals surface area contributed by atoms with E-state index in [0.717, 1.165) is 12.3 Å². The zero-order chi connectivity index (χ0) is 9.97. The minimum absolute atomic E-state index is 0.651. The molecule has 3 nitrogen and oxygen atoms in total. The first kappa shape index (κ1) is 9.56. The third-order valence-electron chi connectivity index (χ3n) is 3.22. The van der Waals surface area contributed by atoms with Gasteiger partial charge in [0.15, 0.2) is 0 Å². The molecule has 0 aromatic carbocycles. The Balaban J connectivity index is 1.98. The summed E-state index contributed by atoms with van der Waals surface area (Å²) in [6.45, 7) is 0. The molecule has 1 aromatic rings. The molecule has 0 aliphatic heterocycles. The lowest BCUT2D eigenvalue weighted by Gasteiger charge is -2.21. The highest BCUT2D eigenvalue weighted by Gasteiger charge is 2.15. The van der Waals surface area contributed by atoms with Gasteiger partial charge in [-0.3, -0.25) is 4.68 Å². The van der Waals surface area contributed by atoms with E-state index in [-0.39, 0.29) is 0 Å². The summed E-state index contributed by atoms with van der Waals surface area (Å²) < 4.78 is 1.92. The van der Waals surface area contributed by atoms with Gasteiger partial charge in [-0.25, -0.2) is 0 Å². The lowest BCUT2D eigenvalue weighted by Crippen LogP contribution is -2.11. The van der Waals surface area contributed by atoms with Crippen LogP contribution in [-0.2, 0) is 13.5 Å². The van der Waals surface area contributed by atoms with Crippen LogP contribution in [0.4, 0.5) is 5.82 Å². The summed E-state index contributed by atoms with van der Waals surface area (Å²) in [6.07, 6.45) is 8.14. The van der Waals surface area contributed by atoms with E-state index < -0.39 is 0 Å². The van der Waals surface area contributed by atoms with Crippen LogP contribution in [0.5, 0.6) is 0 Å². The van der Waals surface area contributed by atoms with Crippen LogP contribution in [0.2, 0.25) is 0 Å². The Bertz CT molecular complexity index is 297. The van der Waals surface area contributed by atoms with Crippen molar-refractivity contribution in [2.75, 3.05) is 5.73 Å². The molecular weight excluding hydrogens is 174 g/mol. The fraction of sp³-hybridized carbons (Fsp3) is 0.727. The quantitative estimate of drug-likeness (QED) is 0.782. The van der Waals surface area contributed by atoms with Gasteiger partial charge in [0.25, 0.3) is 0 Å². The Morgan fingerprint density at radius 2 is 2.14 bits per heavy atom. The van der Waals surface area contributed by atoms with Crippen molar-refractivity contribution in [3.8, 4) is 0 Å². The Hall–Kier alpha value is -0.990. The van der Waals surface area contributed by atoms with Crippen molar-refractivity contribution in [3.63, 3.8) is 0 Å². The molecule has 0 spiro atoms. The highest BCUT2D eigenvalue weighted by Crippen LogP contribution is 2.26. The van der Waals surface area contributed by atoms with E-state index in [1.807, 2.05) is 17.8 Å². The maximum atomic E-state index is 5.65. The molecule has 1 heterocycles. The molecule has 0 saturated heterocycles. The number of hydrogen-bond acceptors (Lipinski definition) is 2. The third kappa shape index (κ3) is 2.08. The number of aromatic nitrogens is 2. The molecule has 2 N–H and O–H groups in total. The second kappa shape index (κ2) is 4.03. The average molecular weight is 193 g/mol. The molecule has 1 aliphatic carbocycles. The lowest BCUT2D eigenvalue weighted by molar-refractivity contribution is 0.350. The Kier molecular flexibility index (Phi) is 2.75. The number of nitrogens with two attached hydrogens (primary N) is 1. The van der Waals surface area contributed by atoms with Gasteiger partial charge in [0.2, 0.25) is 0 Å². The van der Waals surface area contributed by atoms with E-state index in [1.54, 1.807) is 0 Å². The molecule has 0 atom stereocenters. The summed E-state index contributed by atoms with van der Waals surface area (Å²) in [7, 11) is 1.98. The Labute approximate surface area is 85.3 Å². The summed E-state index contributed by atoms with van der Waals surface area (Å²) >= 11 is 0. The van der Waals surface area contributed by atoms with Crippen LogP contribution in [0.3, 0.4) is 0 Å². The zero-order valence-electron chi connectivity index (χ0n) is 8.87. The van der Waals surface area contributed by atoms with Crippen molar-refractivity contribution in [1.82, 2.24) is 9.78 Å². The highest BCUT2D eigenvalue weighted by molar-refractivity contribution is 5.29. The fourth-order valence-electron chi connectivity index (χ4n) is 2.41. The summed E-state index contributed by atoms with van der Waals surface area (Å²) in [4.78, 5) is 0. The number of nitrogen functional groups attached to an aromatic ring is 1. The second-order valence-electron chi connectivity index (χ2n) is 4.39. The largest absolute Gasteiger partial charge is 0.382 e. The number of nitrogens with zero attached hydrogens (tertiary/aromatic N) is 2. The van der Waals surface area contributed by atoms with Gasteiger partial charge in [-0.2, -0.15) is 5.10 Å². The number of aryl methyl sites for hydroxylation is 1. The van der Waals surface area contributed by atoms with Crippen molar-refractivity contribution >= 4 is 5.82 Å². The van der Waals surface area contributed by atoms with Crippen LogP contribution in [0.25, 0.3) is 0 Å². The van der Waals surface area contributed by atoms with Gasteiger partial charge in [0.05, 0.1) is 0 Å². The monoisotopic (exact) mass is 193 g/mol. The number of anilines is 1. The molecule has 2 rings (SSSR count). The van der Waals surface area contributed by atoms with Crippen molar-refractivity contribution < 1.29 is 0 Å².